The fourth-order valence-electron chi connectivity index (χ4n) is 2.40. The van der Waals surface area contributed by atoms with Crippen LogP contribution in [-0.4, -0.2) is 18.9 Å². The number of aryl methyl sites for hydroxylation is 2. The third-order valence-electron chi connectivity index (χ3n) is 3.96. The lowest BCUT2D eigenvalue weighted by Crippen LogP contribution is -2.41. The molecule has 0 aliphatic carbocycles. The smallest absolute Gasteiger partial charge is 0.239 e. The second-order valence-electron chi connectivity index (χ2n) is 6.64. The maximum absolute atomic E-state index is 12.6. The van der Waals surface area contributed by atoms with Gasteiger partial charge < -0.3 is 15.4 Å². The largest absolute Gasteiger partial charge is 0.497 e. The maximum Gasteiger partial charge on any atom is 0.239 e. The minimum absolute atomic E-state index is 0.358. The molecule has 2 amide bonds. The van der Waals surface area contributed by atoms with Gasteiger partial charge in [-0.25, -0.2) is 0 Å². The van der Waals surface area contributed by atoms with E-state index < -0.39 is 5.41 Å². The molecule has 25 heavy (non-hydrogen) atoms. The first-order valence-electron chi connectivity index (χ1n) is 8.07. The minimum Gasteiger partial charge on any atom is -0.497 e. The quantitative estimate of drug-likeness (QED) is 0.811. The molecule has 5 nitrogen and oxygen atoms in total. The van der Waals surface area contributed by atoms with Gasteiger partial charge in [-0.05, 0) is 75.2 Å². The number of amides is 2. The molecule has 0 fully saturated rings. The van der Waals surface area contributed by atoms with E-state index in [1.807, 2.05) is 32.0 Å². The summed E-state index contributed by atoms with van der Waals surface area (Å²) in [5.74, 6) is -0.0344. The SMILES string of the molecule is COc1ccc(NC(=O)C(C)(C)C(=O)Nc2cc(C)cc(C)c2)cc1. The lowest BCUT2D eigenvalue weighted by atomic mass is 9.90. The van der Waals surface area contributed by atoms with Crippen molar-refractivity contribution in [3.05, 3.63) is 53.6 Å². The summed E-state index contributed by atoms with van der Waals surface area (Å²) in [5, 5.41) is 5.60. The van der Waals surface area contributed by atoms with Crippen molar-refractivity contribution in [3.63, 3.8) is 0 Å². The Balaban J connectivity index is 2.09. The van der Waals surface area contributed by atoms with Crippen LogP contribution >= 0.6 is 0 Å². The van der Waals surface area contributed by atoms with Crippen LogP contribution in [0.4, 0.5) is 11.4 Å². The van der Waals surface area contributed by atoms with Crippen molar-refractivity contribution < 1.29 is 14.3 Å². The number of rotatable bonds is 5. The second kappa shape index (κ2) is 7.38. The van der Waals surface area contributed by atoms with E-state index >= 15 is 0 Å². The Hall–Kier alpha value is -2.82. The van der Waals surface area contributed by atoms with E-state index in [0.717, 1.165) is 11.1 Å². The highest BCUT2D eigenvalue weighted by atomic mass is 16.5. The standard InChI is InChI=1S/C20H24N2O3/c1-13-10-14(2)12-16(11-13)22-19(24)20(3,4)18(23)21-15-6-8-17(25-5)9-7-15/h6-12H,1-5H3,(H,21,23)(H,22,24). The zero-order valence-electron chi connectivity index (χ0n) is 15.3. The van der Waals surface area contributed by atoms with Crippen molar-refractivity contribution in [3.8, 4) is 5.75 Å². The number of benzene rings is 2. The second-order valence-corrected chi connectivity index (χ2v) is 6.64. The van der Waals surface area contributed by atoms with Gasteiger partial charge in [-0.1, -0.05) is 6.07 Å². The number of ether oxygens (including phenoxy) is 1. The van der Waals surface area contributed by atoms with E-state index in [1.165, 1.54) is 0 Å². The molecule has 2 aromatic rings. The first-order valence-corrected chi connectivity index (χ1v) is 8.07. The zero-order valence-corrected chi connectivity index (χ0v) is 15.3. The Morgan fingerprint density at radius 1 is 0.840 bits per heavy atom. The molecular formula is C20H24N2O3. The molecule has 0 spiro atoms. The first kappa shape index (κ1) is 18.5. The molecule has 2 N–H and O–H groups in total. The van der Waals surface area contributed by atoms with Gasteiger partial charge in [0.2, 0.25) is 11.8 Å². The van der Waals surface area contributed by atoms with Gasteiger partial charge in [0.05, 0.1) is 7.11 Å². The zero-order chi connectivity index (χ0) is 18.6. The van der Waals surface area contributed by atoms with Crippen molar-refractivity contribution in [1.29, 1.82) is 0 Å². The van der Waals surface area contributed by atoms with E-state index in [-0.39, 0.29) is 11.8 Å². The molecule has 0 saturated heterocycles. The number of carbonyl (C=O) groups excluding carboxylic acids is 2. The van der Waals surface area contributed by atoms with Crippen LogP contribution in [0.3, 0.4) is 0 Å². The van der Waals surface area contributed by atoms with Crippen LogP contribution < -0.4 is 15.4 Å². The number of anilines is 2. The number of carbonyl (C=O) groups is 2. The van der Waals surface area contributed by atoms with E-state index in [9.17, 15) is 9.59 Å². The monoisotopic (exact) mass is 340 g/mol. The Kier molecular flexibility index (Phi) is 5.47. The van der Waals surface area contributed by atoms with Crippen molar-refractivity contribution in [2.45, 2.75) is 27.7 Å². The summed E-state index contributed by atoms with van der Waals surface area (Å²) in [7, 11) is 1.58. The molecule has 132 valence electrons. The van der Waals surface area contributed by atoms with Gasteiger partial charge in [-0.15, -0.1) is 0 Å². The summed E-state index contributed by atoms with van der Waals surface area (Å²) >= 11 is 0. The lowest BCUT2D eigenvalue weighted by molar-refractivity contribution is -0.135. The predicted octanol–water partition coefficient (Wildman–Crippen LogP) is 3.92. The summed E-state index contributed by atoms with van der Waals surface area (Å²) in [6, 6.07) is 12.7. The van der Waals surface area contributed by atoms with E-state index in [1.54, 1.807) is 45.2 Å². The summed E-state index contributed by atoms with van der Waals surface area (Å²) < 4.78 is 5.09. The Bertz CT molecular complexity index is 760. The Labute approximate surface area is 148 Å². The summed E-state index contributed by atoms with van der Waals surface area (Å²) in [5.41, 5.74) is 2.18. The number of methoxy groups -OCH3 is 1. The van der Waals surface area contributed by atoms with E-state index in [2.05, 4.69) is 10.6 Å². The van der Waals surface area contributed by atoms with Crippen LogP contribution in [-0.2, 0) is 9.59 Å². The highest BCUT2D eigenvalue weighted by molar-refractivity contribution is 6.14. The topological polar surface area (TPSA) is 67.4 Å². The molecule has 0 aromatic heterocycles. The Morgan fingerprint density at radius 3 is 1.80 bits per heavy atom. The normalized spacial score (nSPS) is 10.9. The van der Waals surface area contributed by atoms with Crippen molar-refractivity contribution >= 4 is 23.2 Å². The molecule has 2 aromatic carbocycles. The fraction of sp³-hybridized carbons (Fsp3) is 0.300. The van der Waals surface area contributed by atoms with Gasteiger partial charge in [-0.2, -0.15) is 0 Å². The molecule has 2 rings (SSSR count). The third kappa shape index (κ3) is 4.59. The maximum atomic E-state index is 12.6. The van der Waals surface area contributed by atoms with Crippen molar-refractivity contribution in [1.82, 2.24) is 0 Å². The van der Waals surface area contributed by atoms with Gasteiger partial charge in [0, 0.05) is 11.4 Å². The molecule has 5 heteroatoms. The van der Waals surface area contributed by atoms with E-state index in [4.69, 9.17) is 4.74 Å². The average molecular weight is 340 g/mol. The molecule has 0 unspecified atom stereocenters. The van der Waals surface area contributed by atoms with Crippen LogP contribution in [0, 0.1) is 19.3 Å². The van der Waals surface area contributed by atoms with Gasteiger partial charge in [0.1, 0.15) is 11.2 Å². The number of nitrogens with one attached hydrogen (secondary N) is 2. The lowest BCUT2D eigenvalue weighted by Gasteiger charge is -2.23. The number of hydrogen-bond acceptors (Lipinski definition) is 3. The van der Waals surface area contributed by atoms with Gasteiger partial charge in [0.25, 0.3) is 0 Å². The third-order valence-corrected chi connectivity index (χ3v) is 3.96. The van der Waals surface area contributed by atoms with Crippen molar-refractivity contribution in [2.24, 2.45) is 5.41 Å². The Morgan fingerprint density at radius 2 is 1.32 bits per heavy atom. The summed E-state index contributed by atoms with van der Waals surface area (Å²) in [6.45, 7) is 7.13. The average Bonchev–Trinajstić information content (AvgIpc) is 2.54. The molecule has 0 aliphatic rings. The van der Waals surface area contributed by atoms with E-state index in [0.29, 0.717) is 17.1 Å². The van der Waals surface area contributed by atoms with Crippen LogP contribution in [0.1, 0.15) is 25.0 Å². The van der Waals surface area contributed by atoms with Crippen molar-refractivity contribution in [2.75, 3.05) is 17.7 Å². The van der Waals surface area contributed by atoms with Crippen LogP contribution in [0.5, 0.6) is 5.75 Å². The van der Waals surface area contributed by atoms with Crippen LogP contribution in [0.25, 0.3) is 0 Å². The van der Waals surface area contributed by atoms with Gasteiger partial charge in [-0.3, -0.25) is 9.59 Å². The minimum atomic E-state index is -1.22. The molecule has 0 heterocycles. The van der Waals surface area contributed by atoms with Gasteiger partial charge >= 0.3 is 0 Å². The number of hydrogen-bond donors (Lipinski definition) is 2. The summed E-state index contributed by atoms with van der Waals surface area (Å²) in [6.07, 6.45) is 0. The van der Waals surface area contributed by atoms with Crippen LogP contribution in [0.15, 0.2) is 42.5 Å². The van der Waals surface area contributed by atoms with Gasteiger partial charge in [0.15, 0.2) is 0 Å². The highest BCUT2D eigenvalue weighted by Gasteiger charge is 2.36. The molecule has 0 atom stereocenters. The van der Waals surface area contributed by atoms with Crippen LogP contribution in [0.2, 0.25) is 0 Å². The highest BCUT2D eigenvalue weighted by Crippen LogP contribution is 2.23. The predicted molar refractivity (Wildman–Crippen MR) is 100.0 cm³/mol. The molecule has 0 aliphatic heterocycles. The molecule has 0 saturated carbocycles. The molecule has 0 radical (unpaired) electrons. The molecule has 0 bridgehead atoms. The summed E-state index contributed by atoms with van der Waals surface area (Å²) in [4.78, 5) is 25.1. The molecular weight excluding hydrogens is 316 g/mol. The fourth-order valence-corrected chi connectivity index (χ4v) is 2.40. The first-order chi connectivity index (χ1) is 11.7.